The summed E-state index contributed by atoms with van der Waals surface area (Å²) in [6.07, 6.45) is 0. The molecule has 0 saturated carbocycles. The van der Waals surface area contributed by atoms with E-state index in [9.17, 15) is 4.79 Å². The van der Waals surface area contributed by atoms with E-state index < -0.39 is 0 Å². The van der Waals surface area contributed by atoms with Crippen molar-refractivity contribution in [3.63, 3.8) is 0 Å². The molecule has 0 unspecified atom stereocenters. The van der Waals surface area contributed by atoms with E-state index in [0.29, 0.717) is 41.8 Å². The first-order valence-electron chi connectivity index (χ1n) is 7.94. The first-order valence-corrected chi connectivity index (χ1v) is 8.32. The van der Waals surface area contributed by atoms with E-state index in [1.807, 2.05) is 38.1 Å². The summed E-state index contributed by atoms with van der Waals surface area (Å²) in [5.41, 5.74) is 1.59. The summed E-state index contributed by atoms with van der Waals surface area (Å²) < 4.78 is 11.1. The second-order valence-corrected chi connectivity index (χ2v) is 5.75. The third-order valence-electron chi connectivity index (χ3n) is 3.47. The van der Waals surface area contributed by atoms with Crippen molar-refractivity contribution in [1.82, 2.24) is 4.90 Å². The molecule has 128 valence electrons. The van der Waals surface area contributed by atoms with E-state index in [0.717, 1.165) is 5.56 Å². The molecule has 0 aromatic heterocycles. The van der Waals surface area contributed by atoms with Crippen LogP contribution in [0.4, 0.5) is 0 Å². The van der Waals surface area contributed by atoms with E-state index in [4.69, 9.17) is 21.1 Å². The molecule has 2 aromatic carbocycles. The van der Waals surface area contributed by atoms with Gasteiger partial charge in [0.1, 0.15) is 0 Å². The standard InChI is InChI=1S/C19H22ClNO3/c1-4-23-17-11-8-15(12-18(17)24-5-2)19(22)21(3)13-14-6-9-16(20)10-7-14/h6-12H,4-5,13H2,1-3H3. The summed E-state index contributed by atoms with van der Waals surface area (Å²) in [5.74, 6) is 1.16. The van der Waals surface area contributed by atoms with Crippen LogP contribution in [0, 0.1) is 0 Å². The largest absolute Gasteiger partial charge is 0.490 e. The summed E-state index contributed by atoms with van der Waals surface area (Å²) in [6.45, 7) is 5.38. The lowest BCUT2D eigenvalue weighted by atomic mass is 10.1. The average molecular weight is 348 g/mol. The lowest BCUT2D eigenvalue weighted by Crippen LogP contribution is -2.26. The number of rotatable bonds is 7. The van der Waals surface area contributed by atoms with Crippen molar-refractivity contribution in [2.45, 2.75) is 20.4 Å². The molecular formula is C19H22ClNO3. The van der Waals surface area contributed by atoms with Crippen LogP contribution >= 0.6 is 11.6 Å². The van der Waals surface area contributed by atoms with Gasteiger partial charge in [0.05, 0.1) is 13.2 Å². The van der Waals surface area contributed by atoms with Gasteiger partial charge in [0.15, 0.2) is 11.5 Å². The second-order valence-electron chi connectivity index (χ2n) is 5.32. The molecular weight excluding hydrogens is 326 g/mol. The van der Waals surface area contributed by atoms with Gasteiger partial charge >= 0.3 is 0 Å². The van der Waals surface area contributed by atoms with Gasteiger partial charge in [0.25, 0.3) is 5.91 Å². The van der Waals surface area contributed by atoms with Gasteiger partial charge in [0.2, 0.25) is 0 Å². The molecule has 5 heteroatoms. The van der Waals surface area contributed by atoms with E-state index in [2.05, 4.69) is 0 Å². The van der Waals surface area contributed by atoms with Crippen molar-refractivity contribution in [2.75, 3.05) is 20.3 Å². The molecule has 24 heavy (non-hydrogen) atoms. The monoisotopic (exact) mass is 347 g/mol. The van der Waals surface area contributed by atoms with Crippen LogP contribution < -0.4 is 9.47 Å². The Bertz CT molecular complexity index is 686. The zero-order valence-corrected chi connectivity index (χ0v) is 15.0. The van der Waals surface area contributed by atoms with Crippen LogP contribution in [-0.4, -0.2) is 31.1 Å². The van der Waals surface area contributed by atoms with Crippen LogP contribution in [0.3, 0.4) is 0 Å². The summed E-state index contributed by atoms with van der Waals surface area (Å²) in [5, 5.41) is 0.681. The van der Waals surface area contributed by atoms with Crippen LogP contribution in [0.25, 0.3) is 0 Å². The summed E-state index contributed by atoms with van der Waals surface area (Å²) in [6, 6.07) is 12.7. The lowest BCUT2D eigenvalue weighted by molar-refractivity contribution is 0.0784. The Morgan fingerprint density at radius 2 is 1.62 bits per heavy atom. The van der Waals surface area contributed by atoms with Gasteiger partial charge in [-0.25, -0.2) is 0 Å². The summed E-state index contributed by atoms with van der Waals surface area (Å²) in [4.78, 5) is 14.3. The molecule has 0 bridgehead atoms. The molecule has 0 atom stereocenters. The summed E-state index contributed by atoms with van der Waals surface area (Å²) in [7, 11) is 1.77. The van der Waals surface area contributed by atoms with Gasteiger partial charge in [-0.3, -0.25) is 4.79 Å². The average Bonchev–Trinajstić information content (AvgIpc) is 2.58. The molecule has 0 radical (unpaired) electrons. The fraction of sp³-hybridized carbons (Fsp3) is 0.316. The molecule has 2 rings (SSSR count). The number of ether oxygens (including phenoxy) is 2. The number of hydrogen-bond donors (Lipinski definition) is 0. The van der Waals surface area contributed by atoms with E-state index in [1.54, 1.807) is 30.1 Å². The molecule has 0 aliphatic carbocycles. The molecule has 0 saturated heterocycles. The predicted molar refractivity (Wildman–Crippen MR) is 96.0 cm³/mol. The van der Waals surface area contributed by atoms with Crippen molar-refractivity contribution in [2.24, 2.45) is 0 Å². The minimum absolute atomic E-state index is 0.0750. The van der Waals surface area contributed by atoms with Crippen LogP contribution in [0.2, 0.25) is 5.02 Å². The van der Waals surface area contributed by atoms with Crippen molar-refractivity contribution in [3.8, 4) is 11.5 Å². The molecule has 0 aliphatic rings. The number of carbonyl (C=O) groups excluding carboxylic acids is 1. The van der Waals surface area contributed by atoms with Gasteiger partial charge < -0.3 is 14.4 Å². The highest BCUT2D eigenvalue weighted by Crippen LogP contribution is 2.29. The fourth-order valence-corrected chi connectivity index (χ4v) is 2.47. The number of carbonyl (C=O) groups is 1. The number of benzene rings is 2. The number of nitrogens with zero attached hydrogens (tertiary/aromatic N) is 1. The van der Waals surface area contributed by atoms with Crippen LogP contribution in [0.1, 0.15) is 29.8 Å². The highest BCUT2D eigenvalue weighted by molar-refractivity contribution is 6.30. The van der Waals surface area contributed by atoms with Crippen LogP contribution in [0.15, 0.2) is 42.5 Å². The molecule has 2 aromatic rings. The topological polar surface area (TPSA) is 38.8 Å². The van der Waals surface area contributed by atoms with Gasteiger partial charge in [0, 0.05) is 24.2 Å². The number of halogens is 1. The van der Waals surface area contributed by atoms with Crippen molar-refractivity contribution >= 4 is 17.5 Å². The van der Waals surface area contributed by atoms with Crippen molar-refractivity contribution in [3.05, 3.63) is 58.6 Å². The van der Waals surface area contributed by atoms with Gasteiger partial charge in [-0.1, -0.05) is 23.7 Å². The molecule has 4 nitrogen and oxygen atoms in total. The van der Waals surface area contributed by atoms with E-state index in [-0.39, 0.29) is 5.91 Å². The smallest absolute Gasteiger partial charge is 0.254 e. The molecule has 0 heterocycles. The maximum Gasteiger partial charge on any atom is 0.254 e. The maximum atomic E-state index is 12.6. The lowest BCUT2D eigenvalue weighted by Gasteiger charge is -2.19. The van der Waals surface area contributed by atoms with Crippen LogP contribution in [-0.2, 0) is 6.54 Å². The molecule has 0 fully saturated rings. The number of hydrogen-bond acceptors (Lipinski definition) is 3. The third kappa shape index (κ3) is 4.65. The number of amides is 1. The predicted octanol–water partition coefficient (Wildman–Crippen LogP) is 4.41. The fourth-order valence-electron chi connectivity index (χ4n) is 2.34. The Morgan fingerprint density at radius 3 is 2.25 bits per heavy atom. The maximum absolute atomic E-state index is 12.6. The SMILES string of the molecule is CCOc1ccc(C(=O)N(C)Cc2ccc(Cl)cc2)cc1OCC. The van der Waals surface area contributed by atoms with Gasteiger partial charge in [-0.2, -0.15) is 0 Å². The minimum atomic E-state index is -0.0750. The molecule has 0 N–H and O–H groups in total. The first kappa shape index (κ1) is 18.1. The van der Waals surface area contributed by atoms with Gasteiger partial charge in [-0.05, 0) is 49.7 Å². The normalized spacial score (nSPS) is 10.3. The Morgan fingerprint density at radius 1 is 1.00 bits per heavy atom. The molecule has 0 aliphatic heterocycles. The Balaban J connectivity index is 2.15. The second kappa shape index (κ2) is 8.60. The van der Waals surface area contributed by atoms with Crippen molar-refractivity contribution in [1.29, 1.82) is 0 Å². The Labute approximate surface area is 147 Å². The van der Waals surface area contributed by atoms with E-state index >= 15 is 0 Å². The highest BCUT2D eigenvalue weighted by atomic mass is 35.5. The zero-order valence-electron chi connectivity index (χ0n) is 14.2. The minimum Gasteiger partial charge on any atom is -0.490 e. The molecule has 1 amide bonds. The van der Waals surface area contributed by atoms with E-state index in [1.165, 1.54) is 0 Å². The Kier molecular flexibility index (Phi) is 6.50. The first-order chi connectivity index (χ1) is 11.5. The van der Waals surface area contributed by atoms with Crippen molar-refractivity contribution < 1.29 is 14.3 Å². The third-order valence-corrected chi connectivity index (χ3v) is 3.72. The quantitative estimate of drug-likeness (QED) is 0.744. The van der Waals surface area contributed by atoms with Gasteiger partial charge in [-0.15, -0.1) is 0 Å². The Hall–Kier alpha value is -2.20. The molecule has 0 spiro atoms. The zero-order chi connectivity index (χ0) is 17.5. The summed E-state index contributed by atoms with van der Waals surface area (Å²) >= 11 is 5.89. The highest BCUT2D eigenvalue weighted by Gasteiger charge is 2.15. The van der Waals surface area contributed by atoms with Crippen LogP contribution in [0.5, 0.6) is 11.5 Å².